The van der Waals surface area contributed by atoms with E-state index in [-0.39, 0.29) is 10.9 Å². The molecule has 0 radical (unpaired) electrons. The van der Waals surface area contributed by atoms with Crippen molar-refractivity contribution in [1.82, 2.24) is 15.0 Å². The summed E-state index contributed by atoms with van der Waals surface area (Å²) in [7, 11) is 0. The Hall–Kier alpha value is -1.14. The maximum Gasteiger partial charge on any atom is 0.231 e. The van der Waals surface area contributed by atoms with E-state index < -0.39 is 0 Å². The Labute approximate surface area is 130 Å². The Morgan fingerprint density at radius 3 is 2.71 bits per heavy atom. The van der Waals surface area contributed by atoms with Crippen molar-refractivity contribution in [3.63, 3.8) is 0 Å². The zero-order valence-electron chi connectivity index (χ0n) is 12.4. The number of hydrogen-bond acceptors (Lipinski definition) is 6. The minimum Gasteiger partial charge on any atom is -0.373 e. The van der Waals surface area contributed by atoms with Crippen molar-refractivity contribution in [2.45, 2.75) is 44.6 Å². The number of piperidine rings is 1. The van der Waals surface area contributed by atoms with Crippen molar-refractivity contribution in [1.29, 1.82) is 0 Å². The van der Waals surface area contributed by atoms with Gasteiger partial charge in [0.1, 0.15) is 0 Å². The van der Waals surface area contributed by atoms with Crippen LogP contribution in [-0.4, -0.2) is 46.8 Å². The molecule has 2 saturated heterocycles. The fraction of sp³-hybridized carbons (Fsp3) is 0.786. The average molecular weight is 312 g/mol. The van der Waals surface area contributed by atoms with Gasteiger partial charge in [0.25, 0.3) is 0 Å². The number of ether oxygens (including phenoxy) is 1. The SMILES string of the molecule is CC1(CNc2nc(Cl)nc(N3CCCCC3)n2)CCCO1. The van der Waals surface area contributed by atoms with Crippen LogP contribution in [0.4, 0.5) is 11.9 Å². The van der Waals surface area contributed by atoms with Crippen molar-refractivity contribution < 1.29 is 4.74 Å². The topological polar surface area (TPSA) is 63.2 Å². The lowest BCUT2D eigenvalue weighted by Crippen LogP contribution is -2.34. The number of aromatic nitrogens is 3. The molecule has 0 amide bonds. The van der Waals surface area contributed by atoms with Gasteiger partial charge in [-0.1, -0.05) is 0 Å². The molecule has 3 heterocycles. The van der Waals surface area contributed by atoms with E-state index in [4.69, 9.17) is 16.3 Å². The van der Waals surface area contributed by atoms with Crippen molar-refractivity contribution in [3.05, 3.63) is 5.28 Å². The molecule has 0 bridgehead atoms. The smallest absolute Gasteiger partial charge is 0.231 e. The van der Waals surface area contributed by atoms with Crippen LogP contribution in [0.5, 0.6) is 0 Å². The molecular formula is C14H22ClN5O. The molecule has 3 rings (SSSR count). The summed E-state index contributed by atoms with van der Waals surface area (Å²) in [6, 6.07) is 0. The van der Waals surface area contributed by atoms with Crippen LogP contribution in [0.3, 0.4) is 0 Å². The molecule has 2 aliphatic rings. The minimum absolute atomic E-state index is 0.135. The molecule has 1 unspecified atom stereocenters. The van der Waals surface area contributed by atoms with Crippen LogP contribution in [0, 0.1) is 0 Å². The summed E-state index contributed by atoms with van der Waals surface area (Å²) in [6.45, 7) is 5.60. The highest BCUT2D eigenvalue weighted by Crippen LogP contribution is 2.25. The second-order valence-electron chi connectivity index (χ2n) is 6.03. The average Bonchev–Trinajstić information content (AvgIpc) is 2.93. The van der Waals surface area contributed by atoms with Gasteiger partial charge in [-0.3, -0.25) is 0 Å². The highest BCUT2D eigenvalue weighted by molar-refractivity contribution is 6.28. The number of rotatable bonds is 4. The van der Waals surface area contributed by atoms with Crippen LogP contribution in [0.15, 0.2) is 0 Å². The fourth-order valence-electron chi connectivity index (χ4n) is 2.90. The van der Waals surface area contributed by atoms with Gasteiger partial charge in [-0.25, -0.2) is 0 Å². The summed E-state index contributed by atoms with van der Waals surface area (Å²) in [5, 5.41) is 3.49. The third-order valence-electron chi connectivity index (χ3n) is 4.16. The van der Waals surface area contributed by atoms with Gasteiger partial charge in [0.2, 0.25) is 17.2 Å². The Bertz CT molecular complexity index is 486. The zero-order chi connectivity index (χ0) is 14.7. The van der Waals surface area contributed by atoms with E-state index in [0.717, 1.165) is 32.5 Å². The molecule has 0 spiro atoms. The second-order valence-corrected chi connectivity index (χ2v) is 6.37. The molecule has 2 aliphatic heterocycles. The summed E-state index contributed by atoms with van der Waals surface area (Å²) >= 11 is 6.04. The molecule has 7 heteroatoms. The van der Waals surface area contributed by atoms with E-state index in [1.807, 2.05) is 0 Å². The highest BCUT2D eigenvalue weighted by Gasteiger charge is 2.29. The van der Waals surface area contributed by atoms with Crippen molar-refractivity contribution >= 4 is 23.5 Å². The first-order valence-electron chi connectivity index (χ1n) is 7.69. The number of halogens is 1. The maximum atomic E-state index is 6.04. The Morgan fingerprint density at radius 2 is 2.00 bits per heavy atom. The molecule has 1 N–H and O–H groups in total. The molecule has 0 saturated carbocycles. The molecule has 0 aliphatic carbocycles. The van der Waals surface area contributed by atoms with E-state index in [9.17, 15) is 0 Å². The van der Waals surface area contributed by atoms with Crippen LogP contribution < -0.4 is 10.2 Å². The molecular weight excluding hydrogens is 290 g/mol. The largest absolute Gasteiger partial charge is 0.373 e. The van der Waals surface area contributed by atoms with E-state index >= 15 is 0 Å². The lowest BCUT2D eigenvalue weighted by Gasteiger charge is -2.27. The van der Waals surface area contributed by atoms with E-state index in [1.165, 1.54) is 19.3 Å². The maximum absolute atomic E-state index is 6.04. The lowest BCUT2D eigenvalue weighted by molar-refractivity contribution is 0.0314. The normalized spacial score (nSPS) is 26.1. The molecule has 1 aromatic rings. The van der Waals surface area contributed by atoms with Crippen molar-refractivity contribution in [2.24, 2.45) is 0 Å². The Balaban J connectivity index is 1.68. The second kappa shape index (κ2) is 6.32. The van der Waals surface area contributed by atoms with Crippen LogP contribution >= 0.6 is 11.6 Å². The van der Waals surface area contributed by atoms with Gasteiger partial charge in [0, 0.05) is 26.2 Å². The summed E-state index contributed by atoms with van der Waals surface area (Å²) < 4.78 is 5.76. The molecule has 1 aromatic heterocycles. The van der Waals surface area contributed by atoms with E-state index in [1.54, 1.807) is 0 Å². The summed E-state index contributed by atoms with van der Waals surface area (Å²) in [5.41, 5.74) is -0.135. The quantitative estimate of drug-likeness (QED) is 0.921. The van der Waals surface area contributed by atoms with Crippen molar-refractivity contribution in [2.75, 3.05) is 36.5 Å². The number of nitrogens with one attached hydrogen (secondary N) is 1. The van der Waals surface area contributed by atoms with Crippen LogP contribution in [0.2, 0.25) is 5.28 Å². The van der Waals surface area contributed by atoms with Gasteiger partial charge in [0.15, 0.2) is 0 Å². The van der Waals surface area contributed by atoms with Gasteiger partial charge >= 0.3 is 0 Å². The van der Waals surface area contributed by atoms with E-state index in [0.29, 0.717) is 18.4 Å². The number of hydrogen-bond donors (Lipinski definition) is 1. The van der Waals surface area contributed by atoms with Gasteiger partial charge in [-0.05, 0) is 50.6 Å². The highest BCUT2D eigenvalue weighted by atomic mass is 35.5. The lowest BCUT2D eigenvalue weighted by atomic mass is 10.0. The van der Waals surface area contributed by atoms with Crippen LogP contribution in [0.1, 0.15) is 39.0 Å². The third kappa shape index (κ3) is 3.74. The van der Waals surface area contributed by atoms with Crippen LogP contribution in [-0.2, 0) is 4.74 Å². The molecule has 6 nitrogen and oxygen atoms in total. The minimum atomic E-state index is -0.135. The summed E-state index contributed by atoms with van der Waals surface area (Å²) in [5.74, 6) is 1.21. The fourth-order valence-corrected chi connectivity index (χ4v) is 3.05. The van der Waals surface area contributed by atoms with Gasteiger partial charge in [0.05, 0.1) is 5.60 Å². The van der Waals surface area contributed by atoms with Gasteiger partial charge < -0.3 is 15.0 Å². The molecule has 0 aromatic carbocycles. The molecule has 116 valence electrons. The van der Waals surface area contributed by atoms with Gasteiger partial charge in [-0.2, -0.15) is 15.0 Å². The molecule has 21 heavy (non-hydrogen) atoms. The first kappa shape index (κ1) is 14.8. The van der Waals surface area contributed by atoms with Gasteiger partial charge in [-0.15, -0.1) is 0 Å². The number of nitrogens with zero attached hydrogens (tertiary/aromatic N) is 4. The summed E-state index contributed by atoms with van der Waals surface area (Å²) in [4.78, 5) is 15.1. The predicted molar refractivity (Wildman–Crippen MR) is 83.0 cm³/mol. The third-order valence-corrected chi connectivity index (χ3v) is 4.33. The molecule has 1 atom stereocenters. The Kier molecular flexibility index (Phi) is 4.45. The molecule has 2 fully saturated rings. The summed E-state index contributed by atoms with van der Waals surface area (Å²) in [6.07, 6.45) is 5.79. The first-order chi connectivity index (χ1) is 10.1. The Morgan fingerprint density at radius 1 is 1.19 bits per heavy atom. The zero-order valence-corrected chi connectivity index (χ0v) is 13.2. The monoisotopic (exact) mass is 311 g/mol. The predicted octanol–water partition coefficient (Wildman–Crippen LogP) is 2.50. The van der Waals surface area contributed by atoms with E-state index in [2.05, 4.69) is 32.1 Å². The standard InChI is InChI=1S/C14H22ClN5O/c1-14(6-5-9-21-14)10-16-12-17-11(15)18-13(19-12)20-7-3-2-4-8-20/h2-10H2,1H3,(H,16,17,18,19). The first-order valence-corrected chi connectivity index (χ1v) is 8.07. The number of anilines is 2. The van der Waals surface area contributed by atoms with Crippen molar-refractivity contribution in [3.8, 4) is 0 Å². The van der Waals surface area contributed by atoms with Crippen LogP contribution in [0.25, 0.3) is 0 Å².